The van der Waals surface area contributed by atoms with Gasteiger partial charge in [0.15, 0.2) is 5.75 Å². The lowest BCUT2D eigenvalue weighted by molar-refractivity contribution is -0.386. The number of nitro groups is 1. The second-order valence-corrected chi connectivity index (χ2v) is 4.39. The van der Waals surface area contributed by atoms with E-state index in [1.54, 1.807) is 6.07 Å². The first kappa shape index (κ1) is 16.2. The summed E-state index contributed by atoms with van der Waals surface area (Å²) in [6.07, 6.45) is 1.81. The quantitative estimate of drug-likeness (QED) is 0.428. The Morgan fingerprint density at radius 2 is 2.10 bits per heavy atom. The second kappa shape index (κ2) is 8.37. The standard InChI is InChI=1S/C14H22N2O4/c1-4-6-7-20-14-12(16(17)18)8-11(10-15-5-2)9-13(14)19-3/h8-9,15H,4-7,10H2,1-3H3. The van der Waals surface area contributed by atoms with Gasteiger partial charge in [0, 0.05) is 12.6 Å². The van der Waals surface area contributed by atoms with Crippen LogP contribution in [0.1, 0.15) is 32.3 Å². The summed E-state index contributed by atoms with van der Waals surface area (Å²) in [6, 6.07) is 3.31. The van der Waals surface area contributed by atoms with Gasteiger partial charge in [0.25, 0.3) is 0 Å². The minimum atomic E-state index is -0.431. The number of benzene rings is 1. The van der Waals surface area contributed by atoms with E-state index in [4.69, 9.17) is 9.47 Å². The zero-order valence-corrected chi connectivity index (χ0v) is 12.3. The molecule has 0 aliphatic heterocycles. The van der Waals surface area contributed by atoms with Crippen LogP contribution >= 0.6 is 0 Å². The third-order valence-electron chi connectivity index (χ3n) is 2.84. The molecule has 0 radical (unpaired) electrons. The van der Waals surface area contributed by atoms with E-state index in [2.05, 4.69) is 5.32 Å². The zero-order chi connectivity index (χ0) is 15.0. The molecule has 0 saturated carbocycles. The highest BCUT2D eigenvalue weighted by Crippen LogP contribution is 2.38. The second-order valence-electron chi connectivity index (χ2n) is 4.39. The Hall–Kier alpha value is -1.82. The van der Waals surface area contributed by atoms with Crippen molar-refractivity contribution in [1.29, 1.82) is 0 Å². The Balaban J connectivity index is 3.08. The molecule has 1 N–H and O–H groups in total. The molecule has 1 aromatic carbocycles. The van der Waals surface area contributed by atoms with Gasteiger partial charge >= 0.3 is 5.69 Å². The van der Waals surface area contributed by atoms with Gasteiger partial charge in [0.05, 0.1) is 18.6 Å². The highest BCUT2D eigenvalue weighted by Gasteiger charge is 2.22. The molecule has 0 aliphatic carbocycles. The molecule has 1 aromatic rings. The lowest BCUT2D eigenvalue weighted by Gasteiger charge is -2.12. The average molecular weight is 282 g/mol. The topological polar surface area (TPSA) is 73.6 Å². The number of unbranched alkanes of at least 4 members (excludes halogenated alkanes) is 1. The molecule has 1 rings (SSSR count). The van der Waals surface area contributed by atoms with Crippen molar-refractivity contribution >= 4 is 5.69 Å². The maximum absolute atomic E-state index is 11.2. The van der Waals surface area contributed by atoms with Gasteiger partial charge in [-0.25, -0.2) is 0 Å². The molecule has 0 bridgehead atoms. The number of nitro benzene ring substituents is 1. The van der Waals surface area contributed by atoms with Crippen molar-refractivity contribution in [2.24, 2.45) is 0 Å². The molecule has 0 spiro atoms. The molecule has 0 amide bonds. The number of hydrogen-bond acceptors (Lipinski definition) is 5. The third-order valence-corrected chi connectivity index (χ3v) is 2.84. The van der Waals surface area contributed by atoms with E-state index >= 15 is 0 Å². The summed E-state index contributed by atoms with van der Waals surface area (Å²) in [5.41, 5.74) is 0.756. The first-order valence-electron chi connectivity index (χ1n) is 6.82. The maximum atomic E-state index is 11.2. The molecule has 0 atom stereocenters. The van der Waals surface area contributed by atoms with Crippen LogP contribution in [-0.4, -0.2) is 25.2 Å². The summed E-state index contributed by atoms with van der Waals surface area (Å²) >= 11 is 0. The van der Waals surface area contributed by atoms with Crippen LogP contribution in [0, 0.1) is 10.1 Å². The van der Waals surface area contributed by atoms with Crippen molar-refractivity contribution in [3.63, 3.8) is 0 Å². The van der Waals surface area contributed by atoms with Gasteiger partial charge < -0.3 is 14.8 Å². The van der Waals surface area contributed by atoms with Gasteiger partial charge in [-0.3, -0.25) is 10.1 Å². The first-order chi connectivity index (χ1) is 9.63. The molecule has 0 saturated heterocycles. The zero-order valence-electron chi connectivity index (χ0n) is 12.3. The van der Waals surface area contributed by atoms with Crippen LogP contribution in [0.2, 0.25) is 0 Å². The summed E-state index contributed by atoms with van der Waals surface area (Å²) in [6.45, 7) is 5.82. The number of hydrogen-bond donors (Lipinski definition) is 1. The molecule has 6 nitrogen and oxygen atoms in total. The van der Waals surface area contributed by atoms with Crippen LogP contribution < -0.4 is 14.8 Å². The van der Waals surface area contributed by atoms with Crippen molar-refractivity contribution in [2.75, 3.05) is 20.3 Å². The van der Waals surface area contributed by atoms with E-state index in [1.165, 1.54) is 13.2 Å². The summed E-state index contributed by atoms with van der Waals surface area (Å²) in [5.74, 6) is 0.620. The molecule has 0 heterocycles. The fourth-order valence-electron chi connectivity index (χ4n) is 1.77. The summed E-state index contributed by atoms with van der Waals surface area (Å²) in [5, 5.41) is 14.3. The van der Waals surface area contributed by atoms with Crippen LogP contribution in [0.5, 0.6) is 11.5 Å². The van der Waals surface area contributed by atoms with Gasteiger partial charge in [-0.15, -0.1) is 0 Å². The lowest BCUT2D eigenvalue weighted by Crippen LogP contribution is -2.12. The smallest absolute Gasteiger partial charge is 0.315 e. The van der Waals surface area contributed by atoms with Crippen LogP contribution in [0.15, 0.2) is 12.1 Å². The number of methoxy groups -OCH3 is 1. The van der Waals surface area contributed by atoms with E-state index in [0.717, 1.165) is 24.9 Å². The molecule has 20 heavy (non-hydrogen) atoms. The molecule has 112 valence electrons. The van der Waals surface area contributed by atoms with E-state index in [0.29, 0.717) is 18.9 Å². The van der Waals surface area contributed by atoms with Crippen LogP contribution in [-0.2, 0) is 6.54 Å². The third kappa shape index (κ3) is 4.38. The monoisotopic (exact) mass is 282 g/mol. The molecule has 0 fully saturated rings. The molecule has 0 aliphatic rings. The summed E-state index contributed by atoms with van der Waals surface area (Å²) in [7, 11) is 1.49. The van der Waals surface area contributed by atoms with E-state index in [1.807, 2.05) is 13.8 Å². The van der Waals surface area contributed by atoms with Crippen molar-refractivity contribution in [1.82, 2.24) is 5.32 Å². The van der Waals surface area contributed by atoms with E-state index < -0.39 is 4.92 Å². The highest BCUT2D eigenvalue weighted by atomic mass is 16.6. The fourth-order valence-corrected chi connectivity index (χ4v) is 1.77. The van der Waals surface area contributed by atoms with Crippen LogP contribution in [0.3, 0.4) is 0 Å². The molecule has 0 aromatic heterocycles. The van der Waals surface area contributed by atoms with Gasteiger partial charge in [-0.2, -0.15) is 0 Å². The Morgan fingerprint density at radius 3 is 2.65 bits per heavy atom. The maximum Gasteiger partial charge on any atom is 0.315 e. The first-order valence-corrected chi connectivity index (χ1v) is 6.82. The number of nitrogens with zero attached hydrogens (tertiary/aromatic N) is 1. The average Bonchev–Trinajstić information content (AvgIpc) is 2.45. The Morgan fingerprint density at radius 1 is 1.35 bits per heavy atom. The minimum Gasteiger partial charge on any atom is -0.493 e. The van der Waals surface area contributed by atoms with Crippen molar-refractivity contribution in [3.8, 4) is 11.5 Å². The van der Waals surface area contributed by atoms with Crippen molar-refractivity contribution < 1.29 is 14.4 Å². The number of nitrogens with one attached hydrogen (secondary N) is 1. The molecular weight excluding hydrogens is 260 g/mol. The normalized spacial score (nSPS) is 10.3. The SMILES string of the molecule is CCCCOc1c(OC)cc(CNCC)cc1[N+](=O)[O-]. The van der Waals surface area contributed by atoms with E-state index in [-0.39, 0.29) is 11.4 Å². The Kier molecular flexibility index (Phi) is 6.79. The van der Waals surface area contributed by atoms with Gasteiger partial charge in [-0.05, 0) is 24.6 Å². The Labute approximate surface area is 119 Å². The van der Waals surface area contributed by atoms with E-state index in [9.17, 15) is 10.1 Å². The fraction of sp³-hybridized carbons (Fsp3) is 0.571. The van der Waals surface area contributed by atoms with Crippen molar-refractivity contribution in [2.45, 2.75) is 33.2 Å². The Bertz CT molecular complexity index is 449. The van der Waals surface area contributed by atoms with Gasteiger partial charge in [0.2, 0.25) is 5.75 Å². The predicted octanol–water partition coefficient (Wildman–Crippen LogP) is 2.89. The highest BCUT2D eigenvalue weighted by molar-refractivity contribution is 5.58. The lowest BCUT2D eigenvalue weighted by atomic mass is 10.1. The number of ether oxygens (including phenoxy) is 2. The van der Waals surface area contributed by atoms with Crippen molar-refractivity contribution in [3.05, 3.63) is 27.8 Å². The summed E-state index contributed by atoms with van der Waals surface area (Å²) < 4.78 is 10.8. The molecular formula is C14H22N2O4. The number of rotatable bonds is 9. The van der Waals surface area contributed by atoms with Gasteiger partial charge in [-0.1, -0.05) is 20.3 Å². The molecule has 6 heteroatoms. The predicted molar refractivity (Wildman–Crippen MR) is 77.4 cm³/mol. The minimum absolute atomic E-state index is 0.0478. The van der Waals surface area contributed by atoms with Crippen LogP contribution in [0.4, 0.5) is 5.69 Å². The largest absolute Gasteiger partial charge is 0.493 e. The van der Waals surface area contributed by atoms with Crippen LogP contribution in [0.25, 0.3) is 0 Å². The van der Waals surface area contributed by atoms with Gasteiger partial charge in [0.1, 0.15) is 0 Å². The molecule has 0 unspecified atom stereocenters. The summed E-state index contributed by atoms with van der Waals surface area (Å²) in [4.78, 5) is 10.8.